The van der Waals surface area contributed by atoms with Crippen molar-refractivity contribution < 1.29 is 18.0 Å². The Hall–Kier alpha value is -2.49. The molecule has 0 aliphatic heterocycles. The van der Waals surface area contributed by atoms with E-state index in [1.165, 1.54) is 29.2 Å². The molecule has 1 N–H and O–H groups in total. The van der Waals surface area contributed by atoms with E-state index in [0.29, 0.717) is 10.6 Å². The van der Waals surface area contributed by atoms with Gasteiger partial charge in [0.05, 0.1) is 30.7 Å². The smallest absolute Gasteiger partial charge is 0.264 e. The molecule has 0 saturated heterocycles. The third-order valence-electron chi connectivity index (χ3n) is 6.03. The second-order valence-electron chi connectivity index (χ2n) is 10.3. The first-order chi connectivity index (χ1) is 19.2. The molecular formula is C29H31Cl4N3O4S. The summed E-state index contributed by atoms with van der Waals surface area (Å²) < 4.78 is 28.7. The maximum atomic E-state index is 14.1. The van der Waals surface area contributed by atoms with Crippen LogP contribution in [0.2, 0.25) is 20.1 Å². The van der Waals surface area contributed by atoms with Crippen molar-refractivity contribution >= 4 is 73.9 Å². The minimum absolute atomic E-state index is 0.0260. The number of carbonyl (C=O) groups excluding carboxylic acids is 2. The topological polar surface area (TPSA) is 86.8 Å². The molecule has 0 aliphatic rings. The van der Waals surface area contributed by atoms with Crippen molar-refractivity contribution in [3.05, 3.63) is 92.4 Å². The number of carbonyl (C=O) groups is 2. The molecule has 0 saturated carbocycles. The monoisotopic (exact) mass is 657 g/mol. The first kappa shape index (κ1) is 33.0. The van der Waals surface area contributed by atoms with Gasteiger partial charge in [-0.2, -0.15) is 0 Å². The molecule has 0 aliphatic carbocycles. The van der Waals surface area contributed by atoms with Crippen LogP contribution in [0.5, 0.6) is 0 Å². The fraction of sp³-hybridized carbons (Fsp3) is 0.310. The zero-order valence-corrected chi connectivity index (χ0v) is 26.8. The molecule has 41 heavy (non-hydrogen) atoms. The molecule has 0 spiro atoms. The molecule has 3 rings (SSSR count). The van der Waals surface area contributed by atoms with Crippen LogP contribution in [0.15, 0.2) is 71.6 Å². The fourth-order valence-corrected chi connectivity index (χ4v) is 6.34. The second-order valence-corrected chi connectivity index (χ2v) is 13.8. The Morgan fingerprint density at radius 1 is 0.878 bits per heavy atom. The van der Waals surface area contributed by atoms with Crippen molar-refractivity contribution in [1.82, 2.24) is 10.2 Å². The van der Waals surface area contributed by atoms with Gasteiger partial charge in [-0.15, -0.1) is 0 Å². The van der Waals surface area contributed by atoms with Crippen LogP contribution in [0.3, 0.4) is 0 Å². The first-order valence-corrected chi connectivity index (χ1v) is 15.7. The van der Waals surface area contributed by atoms with Gasteiger partial charge in [0.15, 0.2) is 0 Å². The zero-order chi connectivity index (χ0) is 30.5. The highest BCUT2D eigenvalue weighted by atomic mass is 35.5. The standard InChI is InChI=1S/C29H31Cl4N3O4S/c1-5-24(28(38)34-29(2,3)4)35(17-19-14-15-21(30)23(32)16-19)26(37)18-36(25-13-9-12-22(31)27(25)33)41(39,40)20-10-7-6-8-11-20/h6-16,24H,5,17-18H2,1-4H3,(H,34,38). The SMILES string of the molecule is CCC(C(=O)NC(C)(C)C)N(Cc1ccc(Cl)c(Cl)c1)C(=O)CN(c1cccc(Cl)c1Cl)S(=O)(=O)c1ccccc1. The maximum absolute atomic E-state index is 14.1. The second kappa shape index (κ2) is 13.7. The van der Waals surface area contributed by atoms with Gasteiger partial charge in [0.25, 0.3) is 10.0 Å². The Labute approximate surface area is 261 Å². The maximum Gasteiger partial charge on any atom is 0.264 e. The zero-order valence-electron chi connectivity index (χ0n) is 23.0. The average Bonchev–Trinajstić information content (AvgIpc) is 2.90. The van der Waals surface area contributed by atoms with Crippen LogP contribution in [-0.2, 0) is 26.2 Å². The van der Waals surface area contributed by atoms with E-state index >= 15 is 0 Å². The van der Waals surface area contributed by atoms with Gasteiger partial charge in [0.1, 0.15) is 12.6 Å². The summed E-state index contributed by atoms with van der Waals surface area (Å²) in [4.78, 5) is 28.8. The number of rotatable bonds is 10. The summed E-state index contributed by atoms with van der Waals surface area (Å²) in [5.41, 5.74) is 0.0610. The van der Waals surface area contributed by atoms with Crippen LogP contribution in [0.1, 0.15) is 39.7 Å². The number of nitrogens with one attached hydrogen (secondary N) is 1. The molecule has 0 heterocycles. The minimum atomic E-state index is -4.28. The molecule has 3 aromatic rings. The third-order valence-corrected chi connectivity index (χ3v) is 9.35. The highest BCUT2D eigenvalue weighted by Gasteiger charge is 2.35. The van der Waals surface area contributed by atoms with Crippen molar-refractivity contribution in [3.8, 4) is 0 Å². The number of halogens is 4. The van der Waals surface area contributed by atoms with Gasteiger partial charge in [0, 0.05) is 12.1 Å². The Kier molecular flexibility index (Phi) is 11.0. The van der Waals surface area contributed by atoms with Crippen molar-refractivity contribution in [3.63, 3.8) is 0 Å². The number of benzene rings is 3. The molecule has 12 heteroatoms. The van der Waals surface area contributed by atoms with Crippen LogP contribution in [0.4, 0.5) is 5.69 Å². The van der Waals surface area contributed by atoms with Crippen LogP contribution in [0.25, 0.3) is 0 Å². The van der Waals surface area contributed by atoms with Gasteiger partial charge in [-0.25, -0.2) is 8.42 Å². The summed E-state index contributed by atoms with van der Waals surface area (Å²) in [6.45, 7) is 6.58. The average molecular weight is 659 g/mol. The summed E-state index contributed by atoms with van der Waals surface area (Å²) in [6, 6.07) is 16.2. The number of hydrogen-bond donors (Lipinski definition) is 1. The lowest BCUT2D eigenvalue weighted by Gasteiger charge is -2.35. The van der Waals surface area contributed by atoms with E-state index in [-0.39, 0.29) is 44.5 Å². The summed E-state index contributed by atoms with van der Waals surface area (Å²) in [5, 5.41) is 3.62. The first-order valence-electron chi connectivity index (χ1n) is 12.7. The van der Waals surface area contributed by atoms with Crippen molar-refractivity contribution in [1.29, 1.82) is 0 Å². The lowest BCUT2D eigenvalue weighted by molar-refractivity contribution is -0.141. The predicted octanol–water partition coefficient (Wildman–Crippen LogP) is 7.22. The quantitative estimate of drug-likeness (QED) is 0.249. The Balaban J connectivity index is 2.12. The number of hydrogen-bond acceptors (Lipinski definition) is 4. The number of anilines is 1. The fourth-order valence-electron chi connectivity index (χ4n) is 4.13. The Morgan fingerprint density at radius 2 is 1.54 bits per heavy atom. The van der Waals surface area contributed by atoms with Crippen molar-refractivity contribution in [2.24, 2.45) is 0 Å². The lowest BCUT2D eigenvalue weighted by atomic mass is 10.1. The van der Waals surface area contributed by atoms with E-state index in [1.807, 2.05) is 20.8 Å². The number of nitrogens with zero attached hydrogens (tertiary/aromatic N) is 2. The van der Waals surface area contributed by atoms with Crippen molar-refractivity contribution in [2.45, 2.75) is 57.1 Å². The Morgan fingerprint density at radius 3 is 2.12 bits per heavy atom. The summed E-state index contributed by atoms with van der Waals surface area (Å²) in [5.74, 6) is -1.02. The highest BCUT2D eigenvalue weighted by molar-refractivity contribution is 7.92. The molecule has 2 amide bonds. The third kappa shape index (κ3) is 8.30. The van der Waals surface area contributed by atoms with Gasteiger partial charge >= 0.3 is 0 Å². The van der Waals surface area contributed by atoms with E-state index < -0.39 is 34.1 Å². The van der Waals surface area contributed by atoms with Crippen LogP contribution in [-0.4, -0.2) is 43.3 Å². The molecule has 0 aromatic heterocycles. The van der Waals surface area contributed by atoms with E-state index in [0.717, 1.165) is 4.31 Å². The van der Waals surface area contributed by atoms with Gasteiger partial charge in [0.2, 0.25) is 11.8 Å². The summed E-state index contributed by atoms with van der Waals surface area (Å²) in [6.07, 6.45) is 0.262. The molecule has 3 aromatic carbocycles. The minimum Gasteiger partial charge on any atom is -0.350 e. The summed E-state index contributed by atoms with van der Waals surface area (Å²) in [7, 11) is -4.28. The molecule has 0 fully saturated rings. The largest absolute Gasteiger partial charge is 0.350 e. The lowest BCUT2D eigenvalue weighted by Crippen LogP contribution is -2.55. The predicted molar refractivity (Wildman–Crippen MR) is 166 cm³/mol. The highest BCUT2D eigenvalue weighted by Crippen LogP contribution is 2.35. The van der Waals surface area contributed by atoms with Crippen LogP contribution in [0, 0.1) is 0 Å². The number of amides is 2. The van der Waals surface area contributed by atoms with Gasteiger partial charge in [-0.05, 0) is 69.2 Å². The molecule has 0 radical (unpaired) electrons. The molecule has 0 bridgehead atoms. The van der Waals surface area contributed by atoms with E-state index in [9.17, 15) is 18.0 Å². The van der Waals surface area contributed by atoms with Gasteiger partial charge < -0.3 is 10.2 Å². The van der Waals surface area contributed by atoms with E-state index in [1.54, 1.807) is 49.4 Å². The molecular weight excluding hydrogens is 628 g/mol. The normalized spacial score (nSPS) is 12.5. The van der Waals surface area contributed by atoms with Crippen LogP contribution < -0.4 is 9.62 Å². The van der Waals surface area contributed by atoms with E-state index in [4.69, 9.17) is 46.4 Å². The summed E-state index contributed by atoms with van der Waals surface area (Å²) >= 11 is 25.0. The molecule has 1 unspecified atom stereocenters. The molecule has 7 nitrogen and oxygen atoms in total. The number of sulfonamides is 1. The van der Waals surface area contributed by atoms with E-state index in [2.05, 4.69) is 5.32 Å². The van der Waals surface area contributed by atoms with Gasteiger partial charge in [-0.3, -0.25) is 13.9 Å². The molecule has 1 atom stereocenters. The van der Waals surface area contributed by atoms with Crippen molar-refractivity contribution in [2.75, 3.05) is 10.8 Å². The Bertz CT molecular complexity index is 1510. The molecule has 220 valence electrons. The van der Waals surface area contributed by atoms with Crippen LogP contribution >= 0.6 is 46.4 Å². The van der Waals surface area contributed by atoms with Gasteiger partial charge in [-0.1, -0.05) is 83.7 Å².